The van der Waals surface area contributed by atoms with Crippen LogP contribution in [0.1, 0.15) is 32.1 Å². The molecule has 1 aliphatic rings. The van der Waals surface area contributed by atoms with Gasteiger partial charge >= 0.3 is 0 Å². The Balaban J connectivity index is 2.30. The molecule has 1 fully saturated rings. The molecule has 1 rings (SSSR count). The molecular formula is C7H16NO2P. The van der Waals surface area contributed by atoms with E-state index in [2.05, 4.69) is 0 Å². The van der Waals surface area contributed by atoms with Crippen LogP contribution in [0.5, 0.6) is 0 Å². The molecule has 0 spiro atoms. The number of hydrogen-bond donors (Lipinski definition) is 2. The topological polar surface area (TPSA) is 63.3 Å². The molecule has 0 radical (unpaired) electrons. The molecule has 1 saturated carbocycles. The predicted octanol–water partition coefficient (Wildman–Crippen LogP) is 1.71. The van der Waals surface area contributed by atoms with Crippen LogP contribution < -0.4 is 5.50 Å². The largest absolute Gasteiger partial charge is 0.333 e. The lowest BCUT2D eigenvalue weighted by Crippen LogP contribution is -2.13. The van der Waals surface area contributed by atoms with Crippen molar-refractivity contribution in [2.24, 2.45) is 11.4 Å². The molecule has 3 N–H and O–H groups in total. The van der Waals surface area contributed by atoms with Crippen molar-refractivity contribution in [3.63, 3.8) is 0 Å². The summed E-state index contributed by atoms with van der Waals surface area (Å²) < 4.78 is 10.8. The number of rotatable bonds is 2. The first kappa shape index (κ1) is 9.24. The van der Waals surface area contributed by atoms with Crippen LogP contribution in [0.15, 0.2) is 0 Å². The van der Waals surface area contributed by atoms with E-state index in [-0.39, 0.29) is 0 Å². The molecular weight excluding hydrogens is 161 g/mol. The first-order chi connectivity index (χ1) is 5.08. The molecule has 0 bridgehead atoms. The highest BCUT2D eigenvalue weighted by atomic mass is 31.2. The Morgan fingerprint density at radius 1 is 1.36 bits per heavy atom. The lowest BCUT2D eigenvalue weighted by atomic mass is 9.91. The maximum absolute atomic E-state index is 10.8. The molecule has 3 nitrogen and oxygen atoms in total. The molecule has 66 valence electrons. The molecule has 1 aliphatic carbocycles. The third kappa shape index (κ3) is 3.90. The van der Waals surface area contributed by atoms with Crippen LogP contribution in [-0.2, 0) is 4.57 Å². The Labute approximate surface area is 67.5 Å². The molecule has 0 saturated heterocycles. The highest BCUT2D eigenvalue weighted by Gasteiger charge is 2.21. The summed E-state index contributed by atoms with van der Waals surface area (Å²) in [6.45, 7) is 0. The molecule has 11 heavy (non-hydrogen) atoms. The van der Waals surface area contributed by atoms with Gasteiger partial charge in [-0.1, -0.05) is 19.3 Å². The Morgan fingerprint density at radius 3 is 2.36 bits per heavy atom. The van der Waals surface area contributed by atoms with Gasteiger partial charge in [0.25, 0.3) is 7.52 Å². The average molecular weight is 177 g/mol. The standard InChI is InChI=1S/C7H16NO2P/c8-11(9,10)6-7-4-2-1-3-5-7/h7H,1-6H2,(H3,8,9,10). The average Bonchev–Trinajstić information content (AvgIpc) is 1.85. The van der Waals surface area contributed by atoms with Crippen LogP contribution >= 0.6 is 7.52 Å². The fourth-order valence-electron chi connectivity index (χ4n) is 1.74. The summed E-state index contributed by atoms with van der Waals surface area (Å²) in [6.07, 6.45) is 6.17. The first-order valence-electron chi connectivity index (χ1n) is 4.18. The fraction of sp³-hybridized carbons (Fsp3) is 1.00. The van der Waals surface area contributed by atoms with Crippen molar-refractivity contribution in [1.29, 1.82) is 0 Å². The summed E-state index contributed by atoms with van der Waals surface area (Å²) >= 11 is 0. The summed E-state index contributed by atoms with van der Waals surface area (Å²) in [7, 11) is -3.23. The van der Waals surface area contributed by atoms with Crippen molar-refractivity contribution in [1.82, 2.24) is 0 Å². The second-order valence-electron chi connectivity index (χ2n) is 3.44. The van der Waals surface area contributed by atoms with Crippen LogP contribution in [-0.4, -0.2) is 11.1 Å². The lowest BCUT2D eigenvalue weighted by molar-refractivity contribution is 0.372. The van der Waals surface area contributed by atoms with Crippen LogP contribution in [0.3, 0.4) is 0 Å². The van der Waals surface area contributed by atoms with Crippen molar-refractivity contribution in [2.75, 3.05) is 6.16 Å². The zero-order valence-electron chi connectivity index (χ0n) is 6.70. The van der Waals surface area contributed by atoms with Crippen molar-refractivity contribution in [3.8, 4) is 0 Å². The smallest absolute Gasteiger partial charge is 0.264 e. The third-order valence-corrected chi connectivity index (χ3v) is 3.28. The zero-order chi connectivity index (χ0) is 8.32. The van der Waals surface area contributed by atoms with E-state index < -0.39 is 7.52 Å². The molecule has 0 aliphatic heterocycles. The zero-order valence-corrected chi connectivity index (χ0v) is 7.59. The van der Waals surface area contributed by atoms with Gasteiger partial charge in [0.15, 0.2) is 0 Å². The molecule has 0 amide bonds. The minimum atomic E-state index is -3.23. The Hall–Kier alpha value is 0.150. The molecule has 0 heterocycles. The van der Waals surface area contributed by atoms with Gasteiger partial charge in [-0.25, -0.2) is 0 Å². The quantitative estimate of drug-likeness (QED) is 0.631. The number of hydrogen-bond acceptors (Lipinski definition) is 1. The van der Waals surface area contributed by atoms with Crippen molar-refractivity contribution in [3.05, 3.63) is 0 Å². The van der Waals surface area contributed by atoms with Gasteiger partial charge in [0, 0.05) is 6.16 Å². The number of nitrogens with two attached hydrogens (primary N) is 1. The van der Waals surface area contributed by atoms with Gasteiger partial charge in [0.2, 0.25) is 0 Å². The van der Waals surface area contributed by atoms with Crippen LogP contribution in [0.25, 0.3) is 0 Å². The van der Waals surface area contributed by atoms with Gasteiger partial charge in [-0.3, -0.25) is 10.1 Å². The maximum atomic E-state index is 10.8. The first-order valence-corrected chi connectivity index (χ1v) is 6.10. The predicted molar refractivity (Wildman–Crippen MR) is 45.5 cm³/mol. The Kier molecular flexibility index (Phi) is 3.11. The third-order valence-electron chi connectivity index (χ3n) is 2.24. The lowest BCUT2D eigenvalue weighted by Gasteiger charge is -2.21. The summed E-state index contributed by atoms with van der Waals surface area (Å²) in [4.78, 5) is 8.90. The second kappa shape index (κ2) is 3.70. The highest BCUT2D eigenvalue weighted by Crippen LogP contribution is 2.37. The van der Waals surface area contributed by atoms with Gasteiger partial charge in [0.05, 0.1) is 0 Å². The van der Waals surface area contributed by atoms with Gasteiger partial charge in [-0.2, -0.15) is 0 Å². The van der Waals surface area contributed by atoms with Crippen molar-refractivity contribution in [2.45, 2.75) is 32.1 Å². The van der Waals surface area contributed by atoms with E-state index in [1.807, 2.05) is 0 Å². The SMILES string of the molecule is NP(=O)(O)CC1CCCCC1. The summed E-state index contributed by atoms with van der Waals surface area (Å²) in [5.74, 6) is 0.407. The monoisotopic (exact) mass is 177 g/mol. The molecule has 0 aromatic carbocycles. The molecule has 0 aromatic heterocycles. The van der Waals surface area contributed by atoms with Crippen LogP contribution in [0, 0.1) is 5.92 Å². The van der Waals surface area contributed by atoms with E-state index >= 15 is 0 Å². The Morgan fingerprint density at radius 2 is 1.91 bits per heavy atom. The molecule has 0 aromatic rings. The summed E-state index contributed by atoms with van der Waals surface area (Å²) in [6, 6.07) is 0. The van der Waals surface area contributed by atoms with E-state index in [9.17, 15) is 4.57 Å². The van der Waals surface area contributed by atoms with Crippen molar-refractivity contribution >= 4 is 7.52 Å². The van der Waals surface area contributed by atoms with E-state index in [1.54, 1.807) is 0 Å². The minimum absolute atomic E-state index is 0.326. The van der Waals surface area contributed by atoms with Crippen LogP contribution in [0.4, 0.5) is 0 Å². The van der Waals surface area contributed by atoms with Crippen molar-refractivity contribution < 1.29 is 9.46 Å². The van der Waals surface area contributed by atoms with Gasteiger partial charge in [-0.05, 0) is 18.8 Å². The van der Waals surface area contributed by atoms with Crippen LogP contribution in [0.2, 0.25) is 0 Å². The highest BCUT2D eigenvalue weighted by molar-refractivity contribution is 7.55. The molecule has 4 heteroatoms. The fourth-order valence-corrected chi connectivity index (χ4v) is 2.84. The normalized spacial score (nSPS) is 26.4. The van der Waals surface area contributed by atoms with E-state index in [0.29, 0.717) is 12.1 Å². The van der Waals surface area contributed by atoms with E-state index in [4.69, 9.17) is 10.4 Å². The van der Waals surface area contributed by atoms with Gasteiger partial charge < -0.3 is 4.89 Å². The van der Waals surface area contributed by atoms with E-state index in [0.717, 1.165) is 12.8 Å². The Bertz CT molecular complexity index is 160. The molecule has 1 unspecified atom stereocenters. The van der Waals surface area contributed by atoms with Gasteiger partial charge in [-0.15, -0.1) is 0 Å². The summed E-state index contributed by atoms with van der Waals surface area (Å²) in [5, 5.41) is 0. The van der Waals surface area contributed by atoms with Gasteiger partial charge in [0.1, 0.15) is 0 Å². The second-order valence-corrected chi connectivity index (χ2v) is 5.32. The minimum Gasteiger partial charge on any atom is -0.333 e. The molecule has 1 atom stereocenters. The van der Waals surface area contributed by atoms with E-state index in [1.165, 1.54) is 19.3 Å². The summed E-state index contributed by atoms with van der Waals surface area (Å²) in [5.41, 5.74) is 5.08. The maximum Gasteiger partial charge on any atom is 0.264 e.